The monoisotopic (exact) mass is 516 g/mol. The number of alkyl halides is 2. The van der Waals surface area contributed by atoms with E-state index in [9.17, 15) is 9.59 Å². The normalized spacial score (nSPS) is 11.1. The fourth-order valence-electron chi connectivity index (χ4n) is 2.48. The van der Waals surface area contributed by atoms with E-state index in [1.165, 1.54) is 0 Å². The van der Waals surface area contributed by atoms with Crippen LogP contribution < -0.4 is 0 Å². The van der Waals surface area contributed by atoms with E-state index in [2.05, 4.69) is 41.8 Å². The SMILES string of the molecule is O=C(O)CCOCCOCCCC(=O)c1ccc2nc(CBr)c(CBr)nc2c1. The summed E-state index contributed by atoms with van der Waals surface area (Å²) in [4.78, 5) is 31.9. The molecule has 0 aliphatic heterocycles. The van der Waals surface area contributed by atoms with Crippen molar-refractivity contribution in [1.82, 2.24) is 9.97 Å². The molecule has 0 spiro atoms. The summed E-state index contributed by atoms with van der Waals surface area (Å²) < 4.78 is 10.5. The van der Waals surface area contributed by atoms with Crippen LogP contribution in [0.5, 0.6) is 0 Å². The largest absolute Gasteiger partial charge is 0.481 e. The van der Waals surface area contributed by atoms with Crippen molar-refractivity contribution >= 4 is 54.6 Å². The number of Topliss-reactive ketones (excluding diaryl/α,β-unsaturated/α-hetero) is 1. The molecule has 0 aliphatic rings. The minimum atomic E-state index is -0.883. The highest BCUT2D eigenvalue weighted by Gasteiger charge is 2.11. The molecular formula is C19H22Br2N2O5. The van der Waals surface area contributed by atoms with Crippen molar-refractivity contribution in [2.75, 3.05) is 26.4 Å². The van der Waals surface area contributed by atoms with E-state index >= 15 is 0 Å². The first-order valence-electron chi connectivity index (χ1n) is 8.87. The fourth-order valence-corrected chi connectivity index (χ4v) is 3.37. The van der Waals surface area contributed by atoms with Crippen LogP contribution >= 0.6 is 31.9 Å². The molecule has 0 unspecified atom stereocenters. The lowest BCUT2D eigenvalue weighted by atomic mass is 10.1. The Bertz CT molecular complexity index is 816. The van der Waals surface area contributed by atoms with Gasteiger partial charge in [-0.2, -0.15) is 0 Å². The summed E-state index contributed by atoms with van der Waals surface area (Å²) >= 11 is 6.83. The number of hydrogen-bond acceptors (Lipinski definition) is 6. The molecule has 1 aromatic heterocycles. The number of carbonyl (C=O) groups excluding carboxylic acids is 1. The number of hydrogen-bond donors (Lipinski definition) is 1. The van der Waals surface area contributed by atoms with Gasteiger partial charge in [-0.25, -0.2) is 9.97 Å². The average Bonchev–Trinajstić information content (AvgIpc) is 2.70. The van der Waals surface area contributed by atoms with Crippen molar-refractivity contribution in [3.8, 4) is 0 Å². The maximum absolute atomic E-state index is 12.4. The van der Waals surface area contributed by atoms with Crippen molar-refractivity contribution in [3.05, 3.63) is 35.2 Å². The summed E-state index contributed by atoms with van der Waals surface area (Å²) in [5.41, 5.74) is 3.83. The zero-order valence-corrected chi connectivity index (χ0v) is 18.5. The predicted octanol–water partition coefficient (Wildman–Crippen LogP) is 3.89. The molecule has 2 aromatic rings. The summed E-state index contributed by atoms with van der Waals surface area (Å²) in [6.45, 7) is 1.35. The van der Waals surface area contributed by atoms with Crippen molar-refractivity contribution in [3.63, 3.8) is 0 Å². The third-order valence-electron chi connectivity index (χ3n) is 3.92. The Labute approximate surface area is 180 Å². The molecule has 7 nitrogen and oxygen atoms in total. The minimum Gasteiger partial charge on any atom is -0.481 e. The van der Waals surface area contributed by atoms with E-state index in [1.807, 2.05) is 6.07 Å². The molecule has 2 rings (SSSR count). The number of carboxylic acids is 1. The quantitative estimate of drug-likeness (QED) is 0.244. The number of ether oxygens (including phenoxy) is 2. The molecule has 0 saturated carbocycles. The van der Waals surface area contributed by atoms with Gasteiger partial charge < -0.3 is 14.6 Å². The van der Waals surface area contributed by atoms with Crippen LogP contribution in [0.4, 0.5) is 0 Å². The summed E-state index contributed by atoms with van der Waals surface area (Å²) in [7, 11) is 0. The lowest BCUT2D eigenvalue weighted by Crippen LogP contribution is -2.09. The van der Waals surface area contributed by atoms with Crippen LogP contribution in [0.2, 0.25) is 0 Å². The summed E-state index contributed by atoms with van der Waals surface area (Å²) in [6, 6.07) is 5.39. The molecule has 0 aliphatic carbocycles. The molecule has 0 saturated heterocycles. The van der Waals surface area contributed by atoms with E-state index in [0.717, 1.165) is 16.9 Å². The Balaban J connectivity index is 1.78. The number of rotatable bonds is 13. The van der Waals surface area contributed by atoms with Crippen molar-refractivity contribution in [2.45, 2.75) is 29.9 Å². The highest BCUT2D eigenvalue weighted by molar-refractivity contribution is 9.09. The molecule has 9 heteroatoms. The maximum Gasteiger partial charge on any atom is 0.305 e. The Hall–Kier alpha value is -1.42. The second-order valence-corrected chi connectivity index (χ2v) is 7.10. The number of fused-ring (bicyclic) bond motifs is 1. The molecule has 1 heterocycles. The minimum absolute atomic E-state index is 0.0147. The molecule has 28 heavy (non-hydrogen) atoms. The van der Waals surface area contributed by atoms with E-state index in [-0.39, 0.29) is 18.8 Å². The van der Waals surface area contributed by atoms with Gasteiger partial charge in [-0.15, -0.1) is 0 Å². The van der Waals surface area contributed by atoms with Crippen LogP contribution in [-0.2, 0) is 24.9 Å². The first-order chi connectivity index (χ1) is 13.5. The zero-order valence-electron chi connectivity index (χ0n) is 15.3. The van der Waals surface area contributed by atoms with Crippen LogP contribution in [0.3, 0.4) is 0 Å². The van der Waals surface area contributed by atoms with E-state index in [4.69, 9.17) is 14.6 Å². The van der Waals surface area contributed by atoms with Gasteiger partial charge in [-0.05, 0) is 24.6 Å². The number of benzene rings is 1. The van der Waals surface area contributed by atoms with Gasteiger partial charge in [0.1, 0.15) is 0 Å². The molecule has 1 aromatic carbocycles. The lowest BCUT2D eigenvalue weighted by molar-refractivity contribution is -0.138. The fraction of sp³-hybridized carbons (Fsp3) is 0.474. The van der Waals surface area contributed by atoms with E-state index < -0.39 is 5.97 Å². The van der Waals surface area contributed by atoms with Crippen molar-refractivity contribution < 1.29 is 24.2 Å². The zero-order chi connectivity index (χ0) is 20.4. The third kappa shape index (κ3) is 7.20. The summed E-state index contributed by atoms with van der Waals surface area (Å²) in [5.74, 6) is -0.846. The van der Waals surface area contributed by atoms with Crippen LogP contribution in [-0.4, -0.2) is 53.3 Å². The number of ketones is 1. The Morgan fingerprint density at radius 2 is 1.54 bits per heavy atom. The Morgan fingerprint density at radius 3 is 2.18 bits per heavy atom. The molecule has 0 amide bonds. The van der Waals surface area contributed by atoms with Gasteiger partial charge >= 0.3 is 5.97 Å². The smallest absolute Gasteiger partial charge is 0.305 e. The maximum atomic E-state index is 12.4. The highest BCUT2D eigenvalue weighted by Crippen LogP contribution is 2.19. The van der Waals surface area contributed by atoms with E-state index in [1.54, 1.807) is 12.1 Å². The standard InChI is InChI=1S/C19H22Br2N2O5/c20-11-16-17(12-21)23-15-10-13(3-4-14(15)22-16)18(24)2-1-6-27-8-9-28-7-5-19(25)26/h3-4,10H,1-2,5-9,11-12H2,(H,25,26). The number of aromatic nitrogens is 2. The molecule has 1 N–H and O–H groups in total. The van der Waals surface area contributed by atoms with Crippen molar-refractivity contribution in [2.24, 2.45) is 0 Å². The van der Waals surface area contributed by atoms with Crippen LogP contribution in [0.15, 0.2) is 18.2 Å². The van der Waals surface area contributed by atoms with Gasteiger partial charge in [0.05, 0.1) is 48.7 Å². The first-order valence-corrected chi connectivity index (χ1v) is 11.1. The first kappa shape index (κ1) is 22.9. The number of carboxylic acid groups (broad SMARTS) is 1. The van der Waals surface area contributed by atoms with Gasteiger partial charge in [-0.3, -0.25) is 9.59 Å². The predicted molar refractivity (Wildman–Crippen MR) is 112 cm³/mol. The molecule has 0 bridgehead atoms. The summed E-state index contributed by atoms with van der Waals surface area (Å²) in [6.07, 6.45) is 0.968. The van der Waals surface area contributed by atoms with Crippen molar-refractivity contribution in [1.29, 1.82) is 0 Å². The molecule has 0 fully saturated rings. The Morgan fingerprint density at radius 1 is 0.893 bits per heavy atom. The van der Waals surface area contributed by atoms with Gasteiger partial charge in [0.2, 0.25) is 0 Å². The van der Waals surface area contributed by atoms with Gasteiger partial charge in [0.15, 0.2) is 5.78 Å². The third-order valence-corrected chi connectivity index (χ3v) is 4.98. The molecular weight excluding hydrogens is 496 g/mol. The van der Waals surface area contributed by atoms with E-state index in [0.29, 0.717) is 54.4 Å². The second-order valence-electron chi connectivity index (χ2n) is 5.98. The highest BCUT2D eigenvalue weighted by atomic mass is 79.9. The number of carbonyl (C=O) groups is 2. The molecule has 152 valence electrons. The van der Waals surface area contributed by atoms with Gasteiger partial charge in [-0.1, -0.05) is 31.9 Å². The number of nitrogens with zero attached hydrogens (tertiary/aromatic N) is 2. The number of aliphatic carboxylic acids is 1. The molecule has 0 radical (unpaired) electrons. The van der Waals surface area contributed by atoms with Crippen LogP contribution in [0.1, 0.15) is 41.0 Å². The second kappa shape index (κ2) is 12.2. The molecule has 0 atom stereocenters. The van der Waals surface area contributed by atoms with Crippen LogP contribution in [0, 0.1) is 0 Å². The van der Waals surface area contributed by atoms with Gasteiger partial charge in [0.25, 0.3) is 0 Å². The number of halogens is 2. The Kier molecular flexibility index (Phi) is 9.97. The average molecular weight is 518 g/mol. The van der Waals surface area contributed by atoms with Crippen LogP contribution in [0.25, 0.3) is 11.0 Å². The summed E-state index contributed by atoms with van der Waals surface area (Å²) in [5, 5.41) is 9.72. The lowest BCUT2D eigenvalue weighted by Gasteiger charge is -2.07. The van der Waals surface area contributed by atoms with Gasteiger partial charge in [0, 0.05) is 29.3 Å². The topological polar surface area (TPSA) is 98.6 Å².